The number of hydrogen-bond donors (Lipinski definition) is 1. The molecule has 0 radical (unpaired) electrons. The molecule has 0 aliphatic heterocycles. The molecule has 0 saturated carbocycles. The summed E-state index contributed by atoms with van der Waals surface area (Å²) in [5.41, 5.74) is 0. The first kappa shape index (κ1) is 16.4. The van der Waals surface area contributed by atoms with Gasteiger partial charge in [-0.3, -0.25) is 4.79 Å². The molecule has 3 heteroatoms. The van der Waals surface area contributed by atoms with Crippen LogP contribution in [0.1, 0.15) is 77.6 Å². The van der Waals surface area contributed by atoms with Crippen molar-refractivity contribution in [3.8, 4) is 0 Å². The molecule has 0 heterocycles. The normalized spacial score (nSPS) is 12.6. The number of unbranched alkanes of at least 4 members (excludes halogenated alkanes) is 6. The summed E-state index contributed by atoms with van der Waals surface area (Å²) in [6, 6.07) is 0. The van der Waals surface area contributed by atoms with Gasteiger partial charge in [-0.05, 0) is 19.3 Å². The van der Waals surface area contributed by atoms with Crippen molar-refractivity contribution < 1.29 is 14.3 Å². The Morgan fingerprint density at radius 3 is 2.06 bits per heavy atom. The van der Waals surface area contributed by atoms with Crippen LogP contribution < -0.4 is 0 Å². The number of carbonyl (C=O) groups is 1. The first-order chi connectivity index (χ1) is 8.16. The second-order valence-corrected chi connectivity index (χ2v) is 4.79. The molecule has 102 valence electrons. The van der Waals surface area contributed by atoms with E-state index in [2.05, 4.69) is 0 Å². The predicted molar refractivity (Wildman–Crippen MR) is 69.0 cm³/mol. The van der Waals surface area contributed by atoms with Crippen molar-refractivity contribution in [1.29, 1.82) is 0 Å². The molecule has 0 aromatic rings. The van der Waals surface area contributed by atoms with Crippen molar-refractivity contribution in [3.63, 3.8) is 0 Å². The van der Waals surface area contributed by atoms with Crippen molar-refractivity contribution in [2.75, 3.05) is 0 Å². The van der Waals surface area contributed by atoms with Crippen LogP contribution in [0.25, 0.3) is 0 Å². The lowest BCUT2D eigenvalue weighted by Crippen LogP contribution is -1.98. The maximum atomic E-state index is 13.1. The van der Waals surface area contributed by atoms with Crippen LogP contribution in [0.5, 0.6) is 0 Å². The molecule has 0 aromatic carbocycles. The summed E-state index contributed by atoms with van der Waals surface area (Å²) in [6.07, 6.45) is 9.38. The third-order valence-corrected chi connectivity index (χ3v) is 3.01. The van der Waals surface area contributed by atoms with Crippen molar-refractivity contribution >= 4 is 5.97 Å². The maximum absolute atomic E-state index is 13.1. The van der Waals surface area contributed by atoms with E-state index in [1.807, 2.05) is 6.92 Å². The molecule has 0 saturated heterocycles. The third-order valence-electron chi connectivity index (χ3n) is 3.01. The Bertz CT molecular complexity index is 183. The lowest BCUT2D eigenvalue weighted by Gasteiger charge is -2.06. The van der Waals surface area contributed by atoms with E-state index in [4.69, 9.17) is 5.11 Å². The Hall–Kier alpha value is -0.600. The number of aliphatic carboxylic acids is 1. The van der Waals surface area contributed by atoms with E-state index in [-0.39, 0.29) is 0 Å². The van der Waals surface area contributed by atoms with Crippen LogP contribution in [0.3, 0.4) is 0 Å². The average Bonchev–Trinajstić information content (AvgIpc) is 2.27. The highest BCUT2D eigenvalue weighted by atomic mass is 19.1. The first-order valence-electron chi connectivity index (χ1n) is 7.02. The monoisotopic (exact) mass is 246 g/mol. The van der Waals surface area contributed by atoms with Crippen LogP contribution in [-0.4, -0.2) is 17.2 Å². The first-order valence-corrected chi connectivity index (χ1v) is 7.02. The number of carboxylic acids is 1. The zero-order chi connectivity index (χ0) is 12.9. The molecule has 0 aromatic heterocycles. The third kappa shape index (κ3) is 13.3. The maximum Gasteiger partial charge on any atom is 0.303 e. The second-order valence-electron chi connectivity index (χ2n) is 4.79. The number of alkyl halides is 1. The van der Waals surface area contributed by atoms with Gasteiger partial charge < -0.3 is 5.11 Å². The van der Waals surface area contributed by atoms with E-state index < -0.39 is 12.1 Å². The highest BCUT2D eigenvalue weighted by Crippen LogP contribution is 2.14. The van der Waals surface area contributed by atoms with Crippen LogP contribution in [0.15, 0.2) is 0 Å². The molecule has 0 aliphatic rings. The molecule has 0 amide bonds. The zero-order valence-corrected chi connectivity index (χ0v) is 11.1. The van der Waals surface area contributed by atoms with Gasteiger partial charge in [0.05, 0.1) is 0 Å². The zero-order valence-electron chi connectivity index (χ0n) is 11.1. The molecular formula is C14H27FO2. The molecule has 1 unspecified atom stereocenters. The van der Waals surface area contributed by atoms with Crippen molar-refractivity contribution in [3.05, 3.63) is 0 Å². The van der Waals surface area contributed by atoms with Gasteiger partial charge >= 0.3 is 5.97 Å². The summed E-state index contributed by atoms with van der Waals surface area (Å²) in [5, 5.41) is 8.45. The van der Waals surface area contributed by atoms with Crippen LogP contribution in [-0.2, 0) is 4.79 Å². The molecule has 2 nitrogen and oxygen atoms in total. The molecule has 0 spiro atoms. The molecule has 0 rings (SSSR count). The Morgan fingerprint density at radius 2 is 1.53 bits per heavy atom. The minimum Gasteiger partial charge on any atom is -0.481 e. The average molecular weight is 246 g/mol. The number of carboxylic acid groups (broad SMARTS) is 1. The quantitative estimate of drug-likeness (QED) is 0.506. The summed E-state index contributed by atoms with van der Waals surface area (Å²) in [4.78, 5) is 10.3. The summed E-state index contributed by atoms with van der Waals surface area (Å²) in [7, 11) is 0. The Kier molecular flexibility index (Phi) is 11.5. The highest BCUT2D eigenvalue weighted by Gasteiger charge is 2.03. The highest BCUT2D eigenvalue weighted by molar-refractivity contribution is 5.66. The summed E-state index contributed by atoms with van der Waals surface area (Å²) < 4.78 is 13.1. The molecule has 0 aliphatic carbocycles. The van der Waals surface area contributed by atoms with Crippen molar-refractivity contribution in [2.24, 2.45) is 0 Å². The smallest absolute Gasteiger partial charge is 0.303 e. The number of hydrogen-bond acceptors (Lipinski definition) is 1. The molecule has 17 heavy (non-hydrogen) atoms. The minimum atomic E-state index is -0.699. The Morgan fingerprint density at radius 1 is 1.00 bits per heavy atom. The van der Waals surface area contributed by atoms with Crippen LogP contribution >= 0.6 is 0 Å². The van der Waals surface area contributed by atoms with Crippen LogP contribution in [0, 0.1) is 0 Å². The topological polar surface area (TPSA) is 37.3 Å². The van der Waals surface area contributed by atoms with Gasteiger partial charge in [0.25, 0.3) is 0 Å². The molecule has 1 atom stereocenters. The van der Waals surface area contributed by atoms with E-state index in [1.165, 1.54) is 0 Å². The molecule has 0 bridgehead atoms. The van der Waals surface area contributed by atoms with Crippen molar-refractivity contribution in [2.45, 2.75) is 83.7 Å². The summed E-state index contributed by atoms with van der Waals surface area (Å²) in [5.74, 6) is -0.699. The molecular weight excluding hydrogens is 219 g/mol. The van der Waals surface area contributed by atoms with E-state index in [9.17, 15) is 9.18 Å². The lowest BCUT2D eigenvalue weighted by atomic mass is 10.0. The number of halogens is 1. The fourth-order valence-electron chi connectivity index (χ4n) is 1.98. The standard InChI is InChI=1S/C14H27FO2/c1-2-10-13(15)11-8-6-4-3-5-7-9-12-14(16)17/h13H,2-12H2,1H3,(H,16,17). The van der Waals surface area contributed by atoms with E-state index in [0.29, 0.717) is 19.3 Å². The van der Waals surface area contributed by atoms with Crippen LogP contribution in [0.4, 0.5) is 4.39 Å². The van der Waals surface area contributed by atoms with Gasteiger partial charge in [-0.2, -0.15) is 0 Å². The van der Waals surface area contributed by atoms with Gasteiger partial charge in [0.1, 0.15) is 6.17 Å². The van der Waals surface area contributed by atoms with Crippen LogP contribution in [0.2, 0.25) is 0 Å². The SMILES string of the molecule is CCCC(F)CCCCCCCCCC(=O)O. The molecule has 0 fully saturated rings. The van der Waals surface area contributed by atoms with Gasteiger partial charge in [0, 0.05) is 6.42 Å². The van der Waals surface area contributed by atoms with E-state index in [0.717, 1.165) is 51.4 Å². The van der Waals surface area contributed by atoms with Gasteiger partial charge in [-0.1, -0.05) is 51.9 Å². The molecule has 1 N–H and O–H groups in total. The van der Waals surface area contributed by atoms with Gasteiger partial charge in [0.2, 0.25) is 0 Å². The van der Waals surface area contributed by atoms with Gasteiger partial charge in [-0.25, -0.2) is 4.39 Å². The minimum absolute atomic E-state index is 0.292. The summed E-state index contributed by atoms with van der Waals surface area (Å²) >= 11 is 0. The van der Waals surface area contributed by atoms with E-state index >= 15 is 0 Å². The fourth-order valence-corrected chi connectivity index (χ4v) is 1.98. The fraction of sp³-hybridized carbons (Fsp3) is 0.929. The summed E-state index contributed by atoms with van der Waals surface area (Å²) in [6.45, 7) is 2.02. The largest absolute Gasteiger partial charge is 0.481 e. The lowest BCUT2D eigenvalue weighted by molar-refractivity contribution is -0.137. The van der Waals surface area contributed by atoms with Gasteiger partial charge in [-0.15, -0.1) is 0 Å². The predicted octanol–water partition coefficient (Wildman–Crippen LogP) is 4.72. The van der Waals surface area contributed by atoms with Gasteiger partial charge in [0.15, 0.2) is 0 Å². The number of rotatable bonds is 12. The van der Waals surface area contributed by atoms with E-state index in [1.54, 1.807) is 0 Å². The Balaban J connectivity index is 3.05. The van der Waals surface area contributed by atoms with Crippen molar-refractivity contribution in [1.82, 2.24) is 0 Å². The Labute approximate surface area is 105 Å². The second kappa shape index (κ2) is 11.9.